The number of hydrogen-bond acceptors (Lipinski definition) is 1. The van der Waals surface area contributed by atoms with E-state index in [9.17, 15) is 4.21 Å². The van der Waals surface area contributed by atoms with Crippen molar-refractivity contribution in [3.8, 4) is 0 Å². The van der Waals surface area contributed by atoms with Crippen LogP contribution < -0.4 is 0 Å². The number of benzene rings is 1. The average molecular weight is 170 g/mol. The highest BCUT2D eigenvalue weighted by Crippen LogP contribution is 1.79. The SMILES string of the molecule is C=CS(=O)O.c1ccccc1. The zero-order valence-corrected chi connectivity index (χ0v) is 6.83. The van der Waals surface area contributed by atoms with Crippen LogP contribution in [0.5, 0.6) is 0 Å². The van der Waals surface area contributed by atoms with E-state index in [1.807, 2.05) is 36.4 Å². The van der Waals surface area contributed by atoms with Gasteiger partial charge in [0.1, 0.15) is 0 Å². The van der Waals surface area contributed by atoms with Gasteiger partial charge in [-0.05, 0) is 0 Å². The molecule has 0 aliphatic heterocycles. The van der Waals surface area contributed by atoms with E-state index < -0.39 is 11.1 Å². The third kappa shape index (κ3) is 9.07. The Bertz CT molecular complexity index is 182. The number of hydrogen-bond donors (Lipinski definition) is 1. The van der Waals surface area contributed by atoms with E-state index in [1.54, 1.807) is 0 Å². The van der Waals surface area contributed by atoms with E-state index in [0.717, 1.165) is 5.41 Å². The van der Waals surface area contributed by atoms with Crippen molar-refractivity contribution in [2.45, 2.75) is 0 Å². The molecule has 0 spiro atoms. The van der Waals surface area contributed by atoms with Crippen molar-refractivity contribution in [1.29, 1.82) is 0 Å². The van der Waals surface area contributed by atoms with Gasteiger partial charge in [0.15, 0.2) is 11.1 Å². The first-order valence-electron chi connectivity index (χ1n) is 2.99. The van der Waals surface area contributed by atoms with Gasteiger partial charge in [-0.1, -0.05) is 43.0 Å². The molecule has 60 valence electrons. The molecule has 0 saturated carbocycles. The molecular weight excluding hydrogens is 160 g/mol. The molecule has 0 aliphatic rings. The molecule has 0 bridgehead atoms. The van der Waals surface area contributed by atoms with Gasteiger partial charge in [-0.25, -0.2) is 4.21 Å². The Labute approximate surface area is 68.9 Å². The van der Waals surface area contributed by atoms with E-state index in [2.05, 4.69) is 6.58 Å². The van der Waals surface area contributed by atoms with E-state index in [4.69, 9.17) is 4.55 Å². The Kier molecular flexibility index (Phi) is 6.57. The molecule has 1 aromatic carbocycles. The molecule has 1 atom stereocenters. The van der Waals surface area contributed by atoms with Gasteiger partial charge in [0.05, 0.1) is 0 Å². The van der Waals surface area contributed by atoms with Crippen molar-refractivity contribution in [3.63, 3.8) is 0 Å². The molecule has 1 rings (SSSR count). The lowest BCUT2D eigenvalue weighted by Gasteiger charge is -1.69. The van der Waals surface area contributed by atoms with Gasteiger partial charge >= 0.3 is 0 Å². The van der Waals surface area contributed by atoms with Gasteiger partial charge in [0.25, 0.3) is 0 Å². The minimum atomic E-state index is -1.81. The molecule has 2 nitrogen and oxygen atoms in total. The van der Waals surface area contributed by atoms with Crippen molar-refractivity contribution in [1.82, 2.24) is 0 Å². The second-order valence-corrected chi connectivity index (χ2v) is 2.48. The predicted octanol–water partition coefficient (Wildman–Crippen LogP) is 2.04. The first-order valence-corrected chi connectivity index (χ1v) is 4.16. The quantitative estimate of drug-likeness (QED) is 0.655. The van der Waals surface area contributed by atoms with Gasteiger partial charge in [0.2, 0.25) is 0 Å². The van der Waals surface area contributed by atoms with E-state index in [-0.39, 0.29) is 0 Å². The third-order valence-corrected chi connectivity index (χ3v) is 1.09. The molecule has 3 heteroatoms. The first-order chi connectivity index (χ1) is 5.27. The van der Waals surface area contributed by atoms with Gasteiger partial charge in [-0.3, -0.25) is 0 Å². The summed E-state index contributed by atoms with van der Waals surface area (Å²) in [6, 6.07) is 12.0. The second-order valence-electron chi connectivity index (χ2n) is 1.60. The van der Waals surface area contributed by atoms with Gasteiger partial charge in [-0.15, -0.1) is 0 Å². The summed E-state index contributed by atoms with van der Waals surface area (Å²) in [5, 5.41) is 0.944. The van der Waals surface area contributed by atoms with Crippen LogP contribution >= 0.6 is 0 Å². The van der Waals surface area contributed by atoms with Crippen molar-refractivity contribution in [2.75, 3.05) is 0 Å². The summed E-state index contributed by atoms with van der Waals surface area (Å²) in [4.78, 5) is 0. The van der Waals surface area contributed by atoms with Crippen LogP contribution in [-0.4, -0.2) is 8.76 Å². The van der Waals surface area contributed by atoms with Crippen LogP contribution in [0.15, 0.2) is 48.4 Å². The summed E-state index contributed by atoms with van der Waals surface area (Å²) in [6.45, 7) is 3.01. The van der Waals surface area contributed by atoms with Crippen LogP contribution in [0.3, 0.4) is 0 Å². The van der Waals surface area contributed by atoms with E-state index in [0.29, 0.717) is 0 Å². The lowest BCUT2D eigenvalue weighted by atomic mass is 10.4. The van der Waals surface area contributed by atoms with Crippen LogP contribution in [0.25, 0.3) is 0 Å². The minimum absolute atomic E-state index is 0.944. The molecule has 1 aromatic rings. The van der Waals surface area contributed by atoms with Crippen molar-refractivity contribution >= 4 is 11.1 Å². The lowest BCUT2D eigenvalue weighted by Crippen LogP contribution is -1.70. The zero-order valence-electron chi connectivity index (χ0n) is 6.01. The lowest BCUT2D eigenvalue weighted by molar-refractivity contribution is 0.574. The van der Waals surface area contributed by atoms with Crippen LogP contribution in [0, 0.1) is 0 Å². The fraction of sp³-hybridized carbons (Fsp3) is 0. The molecule has 1 N–H and O–H groups in total. The molecule has 0 heterocycles. The Morgan fingerprint density at radius 3 is 1.36 bits per heavy atom. The summed E-state index contributed by atoms with van der Waals surface area (Å²) in [5.74, 6) is 0. The first kappa shape index (κ1) is 10.1. The molecule has 0 saturated heterocycles. The Morgan fingerprint density at radius 1 is 1.09 bits per heavy atom. The van der Waals surface area contributed by atoms with Crippen molar-refractivity contribution in [3.05, 3.63) is 48.4 Å². The molecule has 0 radical (unpaired) electrons. The second kappa shape index (κ2) is 7.18. The molecule has 1 unspecified atom stereocenters. The van der Waals surface area contributed by atoms with E-state index >= 15 is 0 Å². The Morgan fingerprint density at radius 2 is 1.27 bits per heavy atom. The average Bonchev–Trinajstić information content (AvgIpc) is 2.09. The standard InChI is InChI=1S/C6H6.C2H4O2S/c1-2-4-6-5-3-1;1-2-5(3)4/h1-6H;2H,1H2,(H,3,4). The highest BCUT2D eigenvalue weighted by atomic mass is 32.2. The smallest absolute Gasteiger partial charge is 0.178 e. The molecule has 11 heavy (non-hydrogen) atoms. The zero-order chi connectivity index (χ0) is 8.53. The molecule has 0 amide bonds. The van der Waals surface area contributed by atoms with Gasteiger partial charge in [0, 0.05) is 5.41 Å². The maximum Gasteiger partial charge on any atom is 0.178 e. The monoisotopic (exact) mass is 170 g/mol. The normalized spacial score (nSPS) is 10.6. The van der Waals surface area contributed by atoms with Crippen LogP contribution in [-0.2, 0) is 11.1 Å². The van der Waals surface area contributed by atoms with Gasteiger partial charge < -0.3 is 4.55 Å². The maximum absolute atomic E-state index is 9.36. The van der Waals surface area contributed by atoms with Crippen LogP contribution in [0.4, 0.5) is 0 Å². The predicted molar refractivity (Wildman–Crippen MR) is 47.4 cm³/mol. The molecule has 0 fully saturated rings. The molecule has 0 aromatic heterocycles. The number of rotatable bonds is 1. The van der Waals surface area contributed by atoms with E-state index in [1.165, 1.54) is 0 Å². The third-order valence-electron chi connectivity index (χ3n) is 0.809. The molecular formula is C8H10O2S. The summed E-state index contributed by atoms with van der Waals surface area (Å²) in [6.07, 6.45) is 0. The Balaban J connectivity index is 0.000000187. The highest BCUT2D eigenvalue weighted by Gasteiger charge is 1.68. The topological polar surface area (TPSA) is 37.3 Å². The minimum Gasteiger partial charge on any atom is -0.303 e. The largest absolute Gasteiger partial charge is 0.303 e. The Hall–Kier alpha value is -0.930. The molecule has 0 aliphatic carbocycles. The van der Waals surface area contributed by atoms with Crippen LogP contribution in [0.1, 0.15) is 0 Å². The van der Waals surface area contributed by atoms with Crippen molar-refractivity contribution < 1.29 is 8.76 Å². The fourth-order valence-electron chi connectivity index (χ4n) is 0.385. The van der Waals surface area contributed by atoms with Crippen LogP contribution in [0.2, 0.25) is 0 Å². The summed E-state index contributed by atoms with van der Waals surface area (Å²) in [5.41, 5.74) is 0. The highest BCUT2D eigenvalue weighted by molar-refractivity contribution is 7.82. The van der Waals surface area contributed by atoms with Crippen molar-refractivity contribution in [2.24, 2.45) is 0 Å². The summed E-state index contributed by atoms with van der Waals surface area (Å²) >= 11 is -1.81. The summed E-state index contributed by atoms with van der Waals surface area (Å²) in [7, 11) is 0. The fourth-order valence-corrected chi connectivity index (χ4v) is 0.385. The summed E-state index contributed by atoms with van der Waals surface area (Å²) < 4.78 is 17.1. The maximum atomic E-state index is 9.36. The van der Waals surface area contributed by atoms with Gasteiger partial charge in [-0.2, -0.15) is 0 Å².